The predicted octanol–water partition coefficient (Wildman–Crippen LogP) is 2.17. The summed E-state index contributed by atoms with van der Waals surface area (Å²) in [6.45, 7) is 1.98. The summed E-state index contributed by atoms with van der Waals surface area (Å²) < 4.78 is 4.96. The highest BCUT2D eigenvalue weighted by Gasteiger charge is 2.25. The molecule has 0 radical (unpaired) electrons. The van der Waals surface area contributed by atoms with E-state index in [1.807, 2.05) is 12.1 Å². The van der Waals surface area contributed by atoms with Gasteiger partial charge in [0.05, 0.1) is 11.8 Å². The van der Waals surface area contributed by atoms with Crippen LogP contribution in [0.15, 0.2) is 53.4 Å². The van der Waals surface area contributed by atoms with Crippen LogP contribution < -0.4 is 5.32 Å². The van der Waals surface area contributed by atoms with Crippen LogP contribution in [0.4, 0.5) is 0 Å². The smallest absolute Gasteiger partial charge is 0.257 e. The van der Waals surface area contributed by atoms with Crippen LogP contribution >= 0.6 is 0 Å². The SMILES string of the molecule is O=C(NC1CC1)c1ccc(/C=C/C(=O)N2CCN(C(=O)c3ccoc3)CC2)cc1. The van der Waals surface area contributed by atoms with E-state index in [0.717, 1.165) is 18.4 Å². The fraction of sp³-hybridized carbons (Fsp3) is 0.318. The average molecular weight is 393 g/mol. The van der Waals surface area contributed by atoms with Gasteiger partial charge in [-0.1, -0.05) is 12.1 Å². The quantitative estimate of drug-likeness (QED) is 0.790. The van der Waals surface area contributed by atoms with Crippen LogP contribution in [0.25, 0.3) is 6.08 Å². The third-order valence-corrected chi connectivity index (χ3v) is 5.15. The van der Waals surface area contributed by atoms with E-state index in [1.54, 1.807) is 34.1 Å². The molecular weight excluding hydrogens is 370 g/mol. The first-order valence-corrected chi connectivity index (χ1v) is 9.79. The van der Waals surface area contributed by atoms with Gasteiger partial charge in [-0.25, -0.2) is 0 Å². The standard InChI is InChI=1S/C22H23N3O4/c26-20(24-10-12-25(13-11-24)22(28)18-9-14-29-15-18)8-3-16-1-4-17(5-2-16)21(27)23-19-6-7-19/h1-5,8-9,14-15,19H,6-7,10-13H2,(H,23,27)/b8-3+. The molecular formula is C22H23N3O4. The Morgan fingerprint density at radius 2 is 1.62 bits per heavy atom. The van der Waals surface area contributed by atoms with Gasteiger partial charge in [-0.15, -0.1) is 0 Å². The lowest BCUT2D eigenvalue weighted by Gasteiger charge is -2.34. The van der Waals surface area contributed by atoms with Gasteiger partial charge in [-0.2, -0.15) is 0 Å². The number of nitrogens with one attached hydrogen (secondary N) is 1. The van der Waals surface area contributed by atoms with Gasteiger partial charge in [0.2, 0.25) is 5.91 Å². The average Bonchev–Trinajstić information content (AvgIpc) is 3.40. The molecule has 1 aromatic carbocycles. The van der Waals surface area contributed by atoms with Crippen LogP contribution in [0.5, 0.6) is 0 Å². The molecule has 7 heteroatoms. The Labute approximate surface area is 169 Å². The van der Waals surface area contributed by atoms with Gasteiger partial charge in [0, 0.05) is 43.9 Å². The van der Waals surface area contributed by atoms with E-state index in [-0.39, 0.29) is 17.7 Å². The molecule has 1 aromatic heterocycles. The largest absolute Gasteiger partial charge is 0.472 e. The molecule has 1 saturated heterocycles. The molecule has 3 amide bonds. The fourth-order valence-corrected chi connectivity index (χ4v) is 3.21. The Morgan fingerprint density at radius 1 is 0.931 bits per heavy atom. The van der Waals surface area contributed by atoms with Crippen molar-refractivity contribution in [2.45, 2.75) is 18.9 Å². The second-order valence-electron chi connectivity index (χ2n) is 7.33. The highest BCUT2D eigenvalue weighted by atomic mass is 16.3. The molecule has 2 heterocycles. The first-order valence-electron chi connectivity index (χ1n) is 9.79. The molecule has 0 unspecified atom stereocenters. The molecule has 2 aliphatic rings. The molecule has 1 aliphatic carbocycles. The van der Waals surface area contributed by atoms with Crippen molar-refractivity contribution < 1.29 is 18.8 Å². The Morgan fingerprint density at radius 3 is 2.24 bits per heavy atom. The molecule has 0 spiro atoms. The van der Waals surface area contributed by atoms with Crippen LogP contribution in [0.2, 0.25) is 0 Å². The van der Waals surface area contributed by atoms with Crippen molar-refractivity contribution in [3.8, 4) is 0 Å². The van der Waals surface area contributed by atoms with Crippen LogP contribution in [-0.2, 0) is 4.79 Å². The summed E-state index contributed by atoms with van der Waals surface area (Å²) in [7, 11) is 0. The van der Waals surface area contributed by atoms with Gasteiger partial charge in [-0.3, -0.25) is 14.4 Å². The lowest BCUT2D eigenvalue weighted by Crippen LogP contribution is -2.50. The first-order chi connectivity index (χ1) is 14.1. The molecule has 2 aromatic rings. The minimum Gasteiger partial charge on any atom is -0.472 e. The van der Waals surface area contributed by atoms with Crippen molar-refractivity contribution in [2.75, 3.05) is 26.2 Å². The van der Waals surface area contributed by atoms with Crippen molar-refractivity contribution in [3.63, 3.8) is 0 Å². The van der Waals surface area contributed by atoms with Crippen LogP contribution in [0.1, 0.15) is 39.1 Å². The number of carbonyl (C=O) groups excluding carboxylic acids is 3. The van der Waals surface area contributed by atoms with Crippen molar-refractivity contribution in [1.82, 2.24) is 15.1 Å². The normalized spacial score (nSPS) is 16.8. The monoisotopic (exact) mass is 393 g/mol. The molecule has 7 nitrogen and oxygen atoms in total. The number of benzene rings is 1. The molecule has 0 atom stereocenters. The number of carbonyl (C=O) groups is 3. The van der Waals surface area contributed by atoms with Gasteiger partial charge in [0.15, 0.2) is 0 Å². The zero-order valence-electron chi connectivity index (χ0n) is 16.0. The molecule has 150 valence electrons. The number of piperazine rings is 1. The van der Waals surface area contributed by atoms with E-state index in [1.165, 1.54) is 18.6 Å². The second kappa shape index (κ2) is 8.34. The van der Waals surface area contributed by atoms with E-state index in [0.29, 0.717) is 43.3 Å². The maximum absolute atomic E-state index is 12.4. The van der Waals surface area contributed by atoms with Crippen molar-refractivity contribution in [1.29, 1.82) is 0 Å². The summed E-state index contributed by atoms with van der Waals surface area (Å²) in [5.41, 5.74) is 2.01. The van der Waals surface area contributed by atoms with Crippen molar-refractivity contribution >= 4 is 23.8 Å². The molecule has 1 aliphatic heterocycles. The fourth-order valence-electron chi connectivity index (χ4n) is 3.21. The summed E-state index contributed by atoms with van der Waals surface area (Å²) in [6.07, 6.45) is 8.30. The van der Waals surface area contributed by atoms with Crippen LogP contribution in [-0.4, -0.2) is 59.7 Å². The molecule has 4 rings (SSSR count). The Hall–Kier alpha value is -3.35. The van der Waals surface area contributed by atoms with E-state index >= 15 is 0 Å². The highest BCUT2D eigenvalue weighted by molar-refractivity contribution is 5.96. The van der Waals surface area contributed by atoms with E-state index < -0.39 is 0 Å². The summed E-state index contributed by atoms with van der Waals surface area (Å²) in [5.74, 6) is -0.217. The number of rotatable bonds is 5. The van der Waals surface area contributed by atoms with E-state index in [4.69, 9.17) is 4.42 Å². The van der Waals surface area contributed by atoms with Gasteiger partial charge in [0.25, 0.3) is 11.8 Å². The van der Waals surface area contributed by atoms with Crippen molar-refractivity contribution in [3.05, 3.63) is 65.6 Å². The minimum absolute atomic E-state index is 0.0538. The first kappa shape index (κ1) is 19.0. The Kier molecular flexibility index (Phi) is 5.46. The van der Waals surface area contributed by atoms with Crippen molar-refractivity contribution in [2.24, 2.45) is 0 Å². The molecule has 29 heavy (non-hydrogen) atoms. The summed E-state index contributed by atoms with van der Waals surface area (Å²) in [4.78, 5) is 40.2. The van der Waals surface area contributed by atoms with Gasteiger partial charge >= 0.3 is 0 Å². The highest BCUT2D eigenvalue weighted by Crippen LogP contribution is 2.19. The molecule has 1 saturated carbocycles. The summed E-state index contributed by atoms with van der Waals surface area (Å²) in [5, 5.41) is 2.95. The van der Waals surface area contributed by atoms with E-state index in [9.17, 15) is 14.4 Å². The van der Waals surface area contributed by atoms with Crippen LogP contribution in [0.3, 0.4) is 0 Å². The maximum Gasteiger partial charge on any atom is 0.257 e. The topological polar surface area (TPSA) is 82.9 Å². The number of nitrogens with zero attached hydrogens (tertiary/aromatic N) is 2. The summed E-state index contributed by atoms with van der Waals surface area (Å²) in [6, 6.07) is 9.16. The molecule has 0 bridgehead atoms. The number of hydrogen-bond acceptors (Lipinski definition) is 4. The number of furan rings is 1. The summed E-state index contributed by atoms with van der Waals surface area (Å²) >= 11 is 0. The predicted molar refractivity (Wildman–Crippen MR) is 107 cm³/mol. The Balaban J connectivity index is 1.27. The third-order valence-electron chi connectivity index (χ3n) is 5.15. The Bertz CT molecular complexity index is 906. The van der Waals surface area contributed by atoms with E-state index in [2.05, 4.69) is 5.32 Å². The van der Waals surface area contributed by atoms with Gasteiger partial charge in [-0.05, 0) is 42.7 Å². The number of amides is 3. The van der Waals surface area contributed by atoms with Crippen LogP contribution in [0, 0.1) is 0 Å². The number of hydrogen-bond donors (Lipinski definition) is 1. The lowest BCUT2D eigenvalue weighted by molar-refractivity contribution is -0.127. The zero-order valence-corrected chi connectivity index (χ0v) is 16.0. The maximum atomic E-state index is 12.4. The zero-order chi connectivity index (χ0) is 20.2. The lowest BCUT2D eigenvalue weighted by atomic mass is 10.1. The van der Waals surface area contributed by atoms with Gasteiger partial charge in [0.1, 0.15) is 6.26 Å². The van der Waals surface area contributed by atoms with Gasteiger partial charge < -0.3 is 19.5 Å². The molecule has 1 N–H and O–H groups in total. The minimum atomic E-state index is -0.0871. The molecule has 2 fully saturated rings. The second-order valence-corrected chi connectivity index (χ2v) is 7.33. The third kappa shape index (κ3) is 4.74.